The highest BCUT2D eigenvalue weighted by Crippen LogP contribution is 2.23. The maximum Gasteiger partial charge on any atom is 0.270 e. The Bertz CT molecular complexity index is 1200. The van der Waals surface area contributed by atoms with Crippen LogP contribution in [-0.2, 0) is 11.2 Å². The lowest BCUT2D eigenvalue weighted by molar-refractivity contribution is -0.120. The highest BCUT2D eigenvalue weighted by atomic mass is 16.3. The van der Waals surface area contributed by atoms with Crippen LogP contribution >= 0.6 is 0 Å². The molecule has 0 saturated heterocycles. The number of H-pyrrole nitrogens is 1. The van der Waals surface area contributed by atoms with Crippen molar-refractivity contribution in [1.29, 1.82) is 0 Å². The van der Waals surface area contributed by atoms with Gasteiger partial charge in [0.1, 0.15) is 11.4 Å². The van der Waals surface area contributed by atoms with Gasteiger partial charge in [-0.1, -0.05) is 0 Å². The van der Waals surface area contributed by atoms with Crippen molar-refractivity contribution in [2.75, 3.05) is 18.0 Å². The van der Waals surface area contributed by atoms with E-state index in [0.717, 1.165) is 29.9 Å². The molecular weight excluding hydrogens is 394 g/mol. The SMILES string of the molecule is CCN(CC)c1ccc(/C=N/NC(=O)Cc2nc3cc(C)c(C)cc3[nH]c2=O)c(O)c1. The summed E-state index contributed by atoms with van der Waals surface area (Å²) in [6, 6.07) is 9.03. The zero-order valence-corrected chi connectivity index (χ0v) is 18.2. The second kappa shape index (κ2) is 9.42. The standard InChI is InChI=1S/C23H27N5O3/c1-5-28(6-2)17-8-7-16(21(29)11-17)13-24-27-22(30)12-20-23(31)26-19-10-15(4)14(3)9-18(19)25-20/h7-11,13,29H,5-6,12H2,1-4H3,(H,26,31)(H,27,30)/b24-13+. The number of phenolic OH excluding ortho intramolecular Hbond substituents is 1. The van der Waals surface area contributed by atoms with Gasteiger partial charge in [-0.05, 0) is 63.1 Å². The molecule has 0 aliphatic heterocycles. The smallest absolute Gasteiger partial charge is 0.270 e. The van der Waals surface area contributed by atoms with E-state index >= 15 is 0 Å². The molecule has 0 saturated carbocycles. The zero-order chi connectivity index (χ0) is 22.5. The van der Waals surface area contributed by atoms with Gasteiger partial charge in [0.05, 0.1) is 23.7 Å². The Morgan fingerprint density at radius 2 is 1.90 bits per heavy atom. The van der Waals surface area contributed by atoms with Gasteiger partial charge in [0, 0.05) is 30.4 Å². The predicted octanol–water partition coefficient (Wildman–Crippen LogP) is 2.78. The number of hydrogen-bond donors (Lipinski definition) is 3. The van der Waals surface area contributed by atoms with Gasteiger partial charge in [-0.3, -0.25) is 9.59 Å². The number of nitrogens with one attached hydrogen (secondary N) is 2. The summed E-state index contributed by atoms with van der Waals surface area (Å²) in [4.78, 5) is 33.7. The summed E-state index contributed by atoms with van der Waals surface area (Å²) < 4.78 is 0. The fourth-order valence-electron chi connectivity index (χ4n) is 3.30. The number of aromatic hydroxyl groups is 1. The summed E-state index contributed by atoms with van der Waals surface area (Å²) in [5, 5.41) is 14.1. The van der Waals surface area contributed by atoms with Crippen LogP contribution in [0.15, 0.2) is 40.2 Å². The second-order valence-corrected chi connectivity index (χ2v) is 7.35. The van der Waals surface area contributed by atoms with Crippen molar-refractivity contribution in [2.45, 2.75) is 34.1 Å². The van der Waals surface area contributed by atoms with E-state index in [1.165, 1.54) is 6.21 Å². The minimum absolute atomic E-state index is 0.0701. The number of aromatic amines is 1. The molecular formula is C23H27N5O3. The van der Waals surface area contributed by atoms with Crippen LogP contribution < -0.4 is 15.9 Å². The third kappa shape index (κ3) is 5.09. The van der Waals surface area contributed by atoms with Crippen molar-refractivity contribution in [2.24, 2.45) is 5.10 Å². The fraction of sp³-hybridized carbons (Fsp3) is 0.304. The van der Waals surface area contributed by atoms with Crippen molar-refractivity contribution in [3.63, 3.8) is 0 Å². The van der Waals surface area contributed by atoms with Gasteiger partial charge in [-0.2, -0.15) is 5.10 Å². The van der Waals surface area contributed by atoms with Crippen LogP contribution in [0, 0.1) is 13.8 Å². The minimum atomic E-state index is -0.475. The lowest BCUT2D eigenvalue weighted by Crippen LogP contribution is -2.25. The molecule has 8 nitrogen and oxygen atoms in total. The Hall–Kier alpha value is -3.68. The van der Waals surface area contributed by atoms with Crippen molar-refractivity contribution in [1.82, 2.24) is 15.4 Å². The van der Waals surface area contributed by atoms with Crippen molar-refractivity contribution in [3.8, 4) is 5.75 Å². The number of aromatic nitrogens is 2. The Morgan fingerprint density at radius 3 is 2.58 bits per heavy atom. The first-order valence-electron chi connectivity index (χ1n) is 10.2. The number of anilines is 1. The molecule has 1 heterocycles. The van der Waals surface area contributed by atoms with E-state index in [1.807, 2.05) is 45.9 Å². The van der Waals surface area contributed by atoms with Gasteiger partial charge < -0.3 is 15.0 Å². The molecule has 2 aromatic carbocycles. The average Bonchev–Trinajstić information content (AvgIpc) is 2.72. The third-order valence-electron chi connectivity index (χ3n) is 5.24. The average molecular weight is 422 g/mol. The number of phenols is 1. The van der Waals surface area contributed by atoms with Gasteiger partial charge in [0.25, 0.3) is 5.56 Å². The van der Waals surface area contributed by atoms with Crippen molar-refractivity contribution in [3.05, 3.63) is 63.1 Å². The number of aryl methyl sites for hydroxylation is 2. The molecule has 3 aromatic rings. The normalized spacial score (nSPS) is 11.2. The number of benzene rings is 2. The maximum atomic E-state index is 12.3. The highest BCUT2D eigenvalue weighted by Gasteiger charge is 2.11. The molecule has 1 aromatic heterocycles. The topological polar surface area (TPSA) is 111 Å². The van der Waals surface area contributed by atoms with Crippen LogP contribution in [0.2, 0.25) is 0 Å². The number of amides is 1. The number of carbonyl (C=O) groups excluding carboxylic acids is 1. The maximum absolute atomic E-state index is 12.3. The van der Waals surface area contributed by atoms with Gasteiger partial charge in [0.2, 0.25) is 5.91 Å². The van der Waals surface area contributed by atoms with E-state index < -0.39 is 11.5 Å². The monoisotopic (exact) mass is 421 g/mol. The van der Waals surface area contributed by atoms with E-state index in [2.05, 4.69) is 25.4 Å². The number of fused-ring (bicyclic) bond motifs is 1. The van der Waals surface area contributed by atoms with Crippen LogP contribution in [-0.4, -0.2) is 40.3 Å². The molecule has 0 fully saturated rings. The first-order chi connectivity index (χ1) is 14.8. The van der Waals surface area contributed by atoms with Gasteiger partial charge in [0.15, 0.2) is 0 Å². The van der Waals surface area contributed by atoms with Crippen LogP contribution in [0.25, 0.3) is 11.0 Å². The first kappa shape index (κ1) is 22.0. The third-order valence-corrected chi connectivity index (χ3v) is 5.24. The highest BCUT2D eigenvalue weighted by molar-refractivity contribution is 5.86. The first-order valence-corrected chi connectivity index (χ1v) is 10.2. The second-order valence-electron chi connectivity index (χ2n) is 7.35. The molecule has 3 N–H and O–H groups in total. The quantitative estimate of drug-likeness (QED) is 0.401. The minimum Gasteiger partial charge on any atom is -0.507 e. The van der Waals surface area contributed by atoms with E-state index in [0.29, 0.717) is 16.6 Å². The van der Waals surface area contributed by atoms with Crippen LogP contribution in [0.4, 0.5) is 5.69 Å². The van der Waals surface area contributed by atoms with Crippen molar-refractivity contribution < 1.29 is 9.90 Å². The molecule has 162 valence electrons. The Labute approximate surface area is 180 Å². The largest absolute Gasteiger partial charge is 0.507 e. The molecule has 0 bridgehead atoms. The van der Waals surface area contributed by atoms with E-state index in [4.69, 9.17) is 0 Å². The van der Waals surface area contributed by atoms with Gasteiger partial charge in [-0.25, -0.2) is 10.4 Å². The van der Waals surface area contributed by atoms with E-state index in [-0.39, 0.29) is 17.9 Å². The molecule has 0 radical (unpaired) electrons. The van der Waals surface area contributed by atoms with Gasteiger partial charge >= 0.3 is 0 Å². The number of carbonyl (C=O) groups is 1. The van der Waals surface area contributed by atoms with Crippen molar-refractivity contribution >= 4 is 28.8 Å². The zero-order valence-electron chi connectivity index (χ0n) is 18.2. The molecule has 0 aliphatic carbocycles. The summed E-state index contributed by atoms with van der Waals surface area (Å²) in [7, 11) is 0. The predicted molar refractivity (Wildman–Crippen MR) is 123 cm³/mol. The van der Waals surface area contributed by atoms with Crippen LogP contribution in [0.5, 0.6) is 5.75 Å². The Morgan fingerprint density at radius 1 is 1.19 bits per heavy atom. The lowest BCUT2D eigenvalue weighted by atomic mass is 10.1. The summed E-state index contributed by atoms with van der Waals surface area (Å²) in [6.07, 6.45) is 1.16. The number of hydrazone groups is 1. The van der Waals surface area contributed by atoms with Crippen LogP contribution in [0.3, 0.4) is 0 Å². The summed E-state index contributed by atoms with van der Waals surface area (Å²) in [6.45, 7) is 9.68. The number of nitrogens with zero attached hydrogens (tertiary/aromatic N) is 3. The van der Waals surface area contributed by atoms with E-state index in [9.17, 15) is 14.7 Å². The lowest BCUT2D eigenvalue weighted by Gasteiger charge is -2.21. The molecule has 0 aliphatic rings. The number of hydrogen-bond acceptors (Lipinski definition) is 6. The molecule has 1 amide bonds. The molecule has 0 atom stereocenters. The Kier molecular flexibility index (Phi) is 6.69. The molecule has 0 unspecified atom stereocenters. The molecule has 31 heavy (non-hydrogen) atoms. The molecule has 8 heteroatoms. The molecule has 3 rings (SSSR count). The number of rotatable bonds is 7. The van der Waals surface area contributed by atoms with Crippen LogP contribution in [0.1, 0.15) is 36.2 Å². The Balaban J connectivity index is 1.69. The summed E-state index contributed by atoms with van der Waals surface area (Å²) >= 11 is 0. The van der Waals surface area contributed by atoms with Gasteiger partial charge in [-0.15, -0.1) is 0 Å². The summed E-state index contributed by atoms with van der Waals surface area (Å²) in [5.41, 5.74) is 6.86. The van der Waals surface area contributed by atoms with E-state index in [1.54, 1.807) is 12.1 Å². The fourth-order valence-corrected chi connectivity index (χ4v) is 3.30. The molecule has 0 spiro atoms. The summed E-state index contributed by atoms with van der Waals surface area (Å²) in [5.74, 6) is -0.405.